The number of rotatable bonds is 4. The Morgan fingerprint density at radius 2 is 2.06 bits per heavy atom. The fourth-order valence-corrected chi connectivity index (χ4v) is 1.99. The van der Waals surface area contributed by atoms with E-state index in [4.69, 9.17) is 14.5 Å². The molecule has 0 unspecified atom stereocenters. The SMILES string of the molecule is CC(C)OC(=O)c1cccc(CP(=O)(O)O)c1. The fraction of sp³-hybridized carbons (Fsp3) is 0.364. The van der Waals surface area contributed by atoms with Crippen LogP contribution in [-0.2, 0) is 15.5 Å². The van der Waals surface area contributed by atoms with Crippen LogP contribution in [0.5, 0.6) is 0 Å². The van der Waals surface area contributed by atoms with E-state index >= 15 is 0 Å². The maximum Gasteiger partial charge on any atom is 0.338 e. The summed E-state index contributed by atoms with van der Waals surface area (Å²) >= 11 is 0. The molecule has 17 heavy (non-hydrogen) atoms. The molecule has 0 aliphatic rings. The zero-order valence-electron chi connectivity index (χ0n) is 9.66. The lowest BCUT2D eigenvalue weighted by molar-refractivity contribution is 0.0377. The van der Waals surface area contributed by atoms with E-state index in [-0.39, 0.29) is 12.3 Å². The van der Waals surface area contributed by atoms with Gasteiger partial charge in [0, 0.05) is 0 Å². The summed E-state index contributed by atoms with van der Waals surface area (Å²) in [5.74, 6) is -0.493. The van der Waals surface area contributed by atoms with Gasteiger partial charge in [-0.15, -0.1) is 0 Å². The molecule has 0 amide bonds. The average Bonchev–Trinajstić information content (AvgIpc) is 2.14. The lowest BCUT2D eigenvalue weighted by Crippen LogP contribution is -2.11. The first-order valence-corrected chi connectivity index (χ1v) is 6.92. The summed E-state index contributed by atoms with van der Waals surface area (Å²) < 4.78 is 15.8. The summed E-state index contributed by atoms with van der Waals surface area (Å²) in [6.07, 6.45) is -0.608. The maximum atomic E-state index is 11.6. The van der Waals surface area contributed by atoms with Crippen molar-refractivity contribution >= 4 is 13.6 Å². The third kappa shape index (κ3) is 5.13. The zero-order valence-corrected chi connectivity index (χ0v) is 10.6. The Kier molecular flexibility index (Phi) is 4.46. The molecule has 94 valence electrons. The van der Waals surface area contributed by atoms with E-state index in [0.717, 1.165) is 0 Å². The van der Waals surface area contributed by atoms with Crippen LogP contribution in [-0.4, -0.2) is 21.9 Å². The summed E-state index contributed by atoms with van der Waals surface area (Å²) in [6.45, 7) is 3.47. The quantitative estimate of drug-likeness (QED) is 0.636. The van der Waals surface area contributed by atoms with Crippen molar-refractivity contribution < 1.29 is 23.9 Å². The minimum Gasteiger partial charge on any atom is -0.459 e. The van der Waals surface area contributed by atoms with Gasteiger partial charge in [0.1, 0.15) is 0 Å². The molecular weight excluding hydrogens is 243 g/mol. The van der Waals surface area contributed by atoms with Gasteiger partial charge in [0.25, 0.3) is 0 Å². The molecule has 0 radical (unpaired) electrons. The van der Waals surface area contributed by atoms with Gasteiger partial charge < -0.3 is 14.5 Å². The van der Waals surface area contributed by atoms with E-state index in [9.17, 15) is 9.36 Å². The molecule has 0 heterocycles. The second-order valence-corrected chi connectivity index (χ2v) is 5.62. The van der Waals surface area contributed by atoms with E-state index in [0.29, 0.717) is 11.1 Å². The van der Waals surface area contributed by atoms with Gasteiger partial charge in [-0.05, 0) is 31.5 Å². The number of benzene rings is 1. The topological polar surface area (TPSA) is 83.8 Å². The number of carbonyl (C=O) groups excluding carboxylic acids is 1. The van der Waals surface area contributed by atoms with Crippen LogP contribution >= 0.6 is 7.60 Å². The largest absolute Gasteiger partial charge is 0.459 e. The molecule has 0 spiro atoms. The predicted octanol–water partition coefficient (Wildman–Crippen LogP) is 1.93. The molecule has 0 fully saturated rings. The third-order valence-corrected chi connectivity index (χ3v) is 2.67. The van der Waals surface area contributed by atoms with Gasteiger partial charge in [-0.3, -0.25) is 4.57 Å². The highest BCUT2D eigenvalue weighted by Crippen LogP contribution is 2.39. The molecular formula is C11H15O5P. The number of ether oxygens (including phenoxy) is 1. The molecule has 0 aliphatic carbocycles. The number of carbonyl (C=O) groups is 1. The molecule has 6 heteroatoms. The van der Waals surface area contributed by atoms with Crippen LogP contribution in [0.2, 0.25) is 0 Å². The average molecular weight is 258 g/mol. The standard InChI is InChI=1S/C11H15O5P/c1-8(2)16-11(12)10-5-3-4-9(6-10)7-17(13,14)15/h3-6,8H,7H2,1-2H3,(H2,13,14,15). The smallest absolute Gasteiger partial charge is 0.338 e. The van der Waals surface area contributed by atoms with E-state index < -0.39 is 13.6 Å². The lowest BCUT2D eigenvalue weighted by atomic mass is 10.1. The van der Waals surface area contributed by atoms with Crippen molar-refractivity contribution in [1.29, 1.82) is 0 Å². The molecule has 1 rings (SSSR count). The minimum atomic E-state index is -4.12. The van der Waals surface area contributed by atoms with Crippen molar-refractivity contribution in [3.05, 3.63) is 35.4 Å². The Labute approximate surface area is 99.6 Å². The van der Waals surface area contributed by atoms with Crippen LogP contribution in [0.15, 0.2) is 24.3 Å². The van der Waals surface area contributed by atoms with Gasteiger partial charge in [-0.1, -0.05) is 12.1 Å². The van der Waals surface area contributed by atoms with Crippen LogP contribution in [0, 0.1) is 0 Å². The van der Waals surface area contributed by atoms with Crippen LogP contribution < -0.4 is 0 Å². The van der Waals surface area contributed by atoms with Gasteiger partial charge in [-0.25, -0.2) is 4.79 Å². The number of esters is 1. The second kappa shape index (κ2) is 5.45. The van der Waals surface area contributed by atoms with E-state index in [1.54, 1.807) is 32.0 Å². The Morgan fingerprint density at radius 1 is 1.41 bits per heavy atom. The summed E-state index contributed by atoms with van der Waals surface area (Å²) in [6, 6.07) is 6.12. The number of hydrogen-bond acceptors (Lipinski definition) is 3. The van der Waals surface area contributed by atoms with Gasteiger partial charge in [0.2, 0.25) is 0 Å². The van der Waals surface area contributed by atoms with Gasteiger partial charge in [-0.2, -0.15) is 0 Å². The highest BCUT2D eigenvalue weighted by molar-refractivity contribution is 7.50. The van der Waals surface area contributed by atoms with Crippen LogP contribution in [0.25, 0.3) is 0 Å². The normalized spacial score (nSPS) is 11.6. The molecule has 5 nitrogen and oxygen atoms in total. The second-order valence-electron chi connectivity index (χ2n) is 3.98. The van der Waals surface area contributed by atoms with Crippen LogP contribution in [0.4, 0.5) is 0 Å². The van der Waals surface area contributed by atoms with E-state index in [1.165, 1.54) is 6.07 Å². The highest BCUT2D eigenvalue weighted by atomic mass is 31.2. The third-order valence-electron chi connectivity index (χ3n) is 1.89. The summed E-state index contributed by atoms with van der Waals surface area (Å²) in [4.78, 5) is 29.2. The molecule has 0 bridgehead atoms. The van der Waals surface area contributed by atoms with Crippen molar-refractivity contribution in [1.82, 2.24) is 0 Å². The van der Waals surface area contributed by atoms with E-state index in [1.807, 2.05) is 0 Å². The first-order valence-electron chi connectivity index (χ1n) is 5.12. The summed E-state index contributed by atoms with van der Waals surface area (Å²) in [7, 11) is -4.12. The molecule has 0 aliphatic heterocycles. The van der Waals surface area contributed by atoms with Gasteiger partial charge in [0.05, 0.1) is 17.8 Å². The lowest BCUT2D eigenvalue weighted by Gasteiger charge is -2.09. The Bertz CT molecular complexity index is 449. The molecule has 0 atom stereocenters. The highest BCUT2D eigenvalue weighted by Gasteiger charge is 2.16. The Hall–Kier alpha value is -1.16. The fourth-order valence-electron chi connectivity index (χ4n) is 1.32. The van der Waals surface area contributed by atoms with Crippen LogP contribution in [0.3, 0.4) is 0 Å². The number of hydrogen-bond donors (Lipinski definition) is 2. The molecule has 1 aromatic carbocycles. The van der Waals surface area contributed by atoms with Crippen LogP contribution in [0.1, 0.15) is 29.8 Å². The zero-order chi connectivity index (χ0) is 13.1. The molecule has 1 aromatic rings. The monoisotopic (exact) mass is 258 g/mol. The van der Waals surface area contributed by atoms with Crippen molar-refractivity contribution in [3.63, 3.8) is 0 Å². The van der Waals surface area contributed by atoms with E-state index in [2.05, 4.69) is 0 Å². The molecule has 0 aromatic heterocycles. The van der Waals surface area contributed by atoms with Crippen molar-refractivity contribution in [2.24, 2.45) is 0 Å². The van der Waals surface area contributed by atoms with Crippen molar-refractivity contribution in [2.45, 2.75) is 26.1 Å². The van der Waals surface area contributed by atoms with Gasteiger partial charge >= 0.3 is 13.6 Å². The Morgan fingerprint density at radius 3 is 2.59 bits per heavy atom. The molecule has 0 saturated carbocycles. The first-order chi connectivity index (χ1) is 7.78. The summed E-state index contributed by atoms with van der Waals surface area (Å²) in [5.41, 5.74) is 0.709. The summed E-state index contributed by atoms with van der Waals surface area (Å²) in [5, 5.41) is 0. The minimum absolute atomic E-state index is 0.229. The predicted molar refractivity (Wildman–Crippen MR) is 62.7 cm³/mol. The van der Waals surface area contributed by atoms with Gasteiger partial charge in [0.15, 0.2) is 0 Å². The molecule has 0 saturated heterocycles. The molecule has 2 N–H and O–H groups in total. The first kappa shape index (κ1) is 13.9. The Balaban J connectivity index is 2.86. The maximum absolute atomic E-state index is 11.6. The van der Waals surface area contributed by atoms with Crippen molar-refractivity contribution in [3.8, 4) is 0 Å². The van der Waals surface area contributed by atoms with Crippen molar-refractivity contribution in [2.75, 3.05) is 0 Å².